The van der Waals surface area contributed by atoms with Gasteiger partial charge in [0.05, 0.1) is 19.4 Å². The maximum atomic E-state index is 13.9. The molecule has 3 aromatic carbocycles. The molecule has 0 bridgehead atoms. The van der Waals surface area contributed by atoms with Gasteiger partial charge in [-0.3, -0.25) is 14.2 Å². The van der Waals surface area contributed by atoms with Gasteiger partial charge < -0.3 is 15.0 Å². The Kier molecular flexibility index (Phi) is 7.28. The van der Waals surface area contributed by atoms with E-state index >= 15 is 0 Å². The van der Waals surface area contributed by atoms with E-state index in [4.69, 9.17) is 9.72 Å². The molecule has 2 aromatic heterocycles. The van der Waals surface area contributed by atoms with Crippen LogP contribution in [-0.2, 0) is 11.3 Å². The SMILES string of the molecule is COc1cccc(Cn2c(SCC(=O)Nc3ccc(C)c(F)c3)nc3c(-c4ccccc4)c[nH]c3c2=O)c1. The summed E-state index contributed by atoms with van der Waals surface area (Å²) in [7, 11) is 1.59. The van der Waals surface area contributed by atoms with Crippen LogP contribution in [0.4, 0.5) is 10.1 Å². The molecule has 0 aliphatic carbocycles. The number of methoxy groups -OCH3 is 1. The molecule has 192 valence electrons. The third-order valence-electron chi connectivity index (χ3n) is 6.10. The van der Waals surface area contributed by atoms with E-state index in [2.05, 4.69) is 10.3 Å². The highest BCUT2D eigenvalue weighted by atomic mass is 32.2. The molecule has 0 radical (unpaired) electrons. The average Bonchev–Trinajstić information content (AvgIpc) is 3.36. The number of hydrogen-bond acceptors (Lipinski definition) is 5. The average molecular weight is 529 g/mol. The van der Waals surface area contributed by atoms with Crippen molar-refractivity contribution < 1.29 is 13.9 Å². The third-order valence-corrected chi connectivity index (χ3v) is 7.07. The van der Waals surface area contributed by atoms with Crippen LogP contribution in [0.25, 0.3) is 22.2 Å². The summed E-state index contributed by atoms with van der Waals surface area (Å²) in [5.41, 5.74) is 4.11. The fourth-order valence-corrected chi connectivity index (χ4v) is 4.90. The van der Waals surface area contributed by atoms with Crippen molar-refractivity contribution in [2.24, 2.45) is 0 Å². The van der Waals surface area contributed by atoms with E-state index in [-0.39, 0.29) is 23.8 Å². The van der Waals surface area contributed by atoms with Gasteiger partial charge in [0, 0.05) is 17.4 Å². The molecule has 5 rings (SSSR count). The molecule has 2 heterocycles. The van der Waals surface area contributed by atoms with Gasteiger partial charge in [0.1, 0.15) is 22.6 Å². The number of carbonyl (C=O) groups excluding carboxylic acids is 1. The number of aromatic amines is 1. The predicted octanol–water partition coefficient (Wildman–Crippen LogP) is 5.63. The second-order valence-corrected chi connectivity index (χ2v) is 9.67. The van der Waals surface area contributed by atoms with Crippen molar-refractivity contribution in [3.63, 3.8) is 0 Å². The quantitative estimate of drug-likeness (QED) is 0.201. The Balaban J connectivity index is 1.50. The van der Waals surface area contributed by atoms with Crippen molar-refractivity contribution in [1.29, 1.82) is 0 Å². The zero-order chi connectivity index (χ0) is 26.6. The number of ether oxygens (including phenoxy) is 1. The molecule has 0 spiro atoms. The van der Waals surface area contributed by atoms with Crippen LogP contribution in [0.5, 0.6) is 5.75 Å². The van der Waals surface area contributed by atoms with Gasteiger partial charge in [0.2, 0.25) is 5.91 Å². The number of H-pyrrole nitrogens is 1. The fourth-order valence-electron chi connectivity index (χ4n) is 4.11. The van der Waals surface area contributed by atoms with E-state index in [0.717, 1.165) is 28.5 Å². The molecule has 0 fully saturated rings. The summed E-state index contributed by atoms with van der Waals surface area (Å²) in [6, 6.07) is 21.7. The van der Waals surface area contributed by atoms with Crippen LogP contribution in [0.2, 0.25) is 0 Å². The molecular weight excluding hydrogens is 503 g/mol. The first kappa shape index (κ1) is 25.3. The Morgan fingerprint density at radius 3 is 2.68 bits per heavy atom. The van der Waals surface area contributed by atoms with Crippen LogP contribution < -0.4 is 15.6 Å². The van der Waals surface area contributed by atoms with Gasteiger partial charge in [-0.15, -0.1) is 0 Å². The van der Waals surface area contributed by atoms with Crippen LogP contribution in [0, 0.1) is 12.7 Å². The van der Waals surface area contributed by atoms with Gasteiger partial charge in [0.15, 0.2) is 5.16 Å². The number of nitrogens with one attached hydrogen (secondary N) is 2. The first-order valence-corrected chi connectivity index (χ1v) is 12.9. The minimum atomic E-state index is -0.393. The van der Waals surface area contributed by atoms with Gasteiger partial charge in [0.25, 0.3) is 5.56 Å². The Morgan fingerprint density at radius 2 is 1.92 bits per heavy atom. The lowest BCUT2D eigenvalue weighted by molar-refractivity contribution is -0.113. The van der Waals surface area contributed by atoms with E-state index < -0.39 is 5.82 Å². The first-order chi connectivity index (χ1) is 18.4. The van der Waals surface area contributed by atoms with E-state index in [0.29, 0.717) is 33.2 Å². The van der Waals surface area contributed by atoms with Crippen molar-refractivity contribution in [3.05, 3.63) is 106 Å². The highest BCUT2D eigenvalue weighted by Crippen LogP contribution is 2.28. The monoisotopic (exact) mass is 528 g/mol. The van der Waals surface area contributed by atoms with E-state index in [1.54, 1.807) is 36.9 Å². The summed E-state index contributed by atoms with van der Waals surface area (Å²) < 4.78 is 20.8. The van der Waals surface area contributed by atoms with Crippen molar-refractivity contribution in [2.45, 2.75) is 18.6 Å². The van der Waals surface area contributed by atoms with Gasteiger partial charge in [-0.1, -0.05) is 60.3 Å². The maximum Gasteiger partial charge on any atom is 0.278 e. The lowest BCUT2D eigenvalue weighted by atomic mass is 10.1. The number of hydrogen-bond donors (Lipinski definition) is 2. The standard InChI is InChI=1S/C29H25FN4O3S/c1-18-11-12-21(14-24(18)30)32-25(35)17-38-29-33-26-23(20-8-4-3-5-9-20)15-31-27(26)28(36)34(29)16-19-7-6-10-22(13-19)37-2/h3-15,31H,16-17H2,1-2H3,(H,32,35). The van der Waals surface area contributed by atoms with Gasteiger partial charge >= 0.3 is 0 Å². The molecule has 38 heavy (non-hydrogen) atoms. The molecule has 9 heteroatoms. The number of anilines is 1. The van der Waals surface area contributed by atoms with Crippen molar-refractivity contribution in [1.82, 2.24) is 14.5 Å². The Bertz CT molecular complexity index is 1680. The van der Waals surface area contributed by atoms with Crippen LogP contribution in [0.1, 0.15) is 11.1 Å². The van der Waals surface area contributed by atoms with Crippen LogP contribution in [0.3, 0.4) is 0 Å². The molecule has 0 saturated carbocycles. The predicted molar refractivity (Wildman–Crippen MR) is 148 cm³/mol. The zero-order valence-electron chi connectivity index (χ0n) is 20.8. The Morgan fingerprint density at radius 1 is 1.11 bits per heavy atom. The molecule has 0 unspecified atom stereocenters. The highest BCUT2D eigenvalue weighted by molar-refractivity contribution is 7.99. The number of fused-ring (bicyclic) bond motifs is 1. The molecule has 5 aromatic rings. The van der Waals surface area contributed by atoms with Crippen molar-refractivity contribution in [3.8, 4) is 16.9 Å². The second-order valence-electron chi connectivity index (χ2n) is 8.73. The molecule has 2 N–H and O–H groups in total. The fraction of sp³-hybridized carbons (Fsp3) is 0.138. The van der Waals surface area contributed by atoms with Crippen LogP contribution >= 0.6 is 11.8 Å². The zero-order valence-corrected chi connectivity index (χ0v) is 21.6. The van der Waals surface area contributed by atoms with Crippen molar-refractivity contribution in [2.75, 3.05) is 18.2 Å². The van der Waals surface area contributed by atoms with Gasteiger partial charge in [-0.2, -0.15) is 0 Å². The molecule has 0 aliphatic rings. The summed E-state index contributed by atoms with van der Waals surface area (Å²) in [4.78, 5) is 34.3. The summed E-state index contributed by atoms with van der Waals surface area (Å²) in [6.07, 6.45) is 1.78. The molecule has 0 saturated heterocycles. The topological polar surface area (TPSA) is 89.0 Å². The third kappa shape index (κ3) is 5.33. The Hall–Kier alpha value is -4.37. The molecule has 1 amide bonds. The van der Waals surface area contributed by atoms with Gasteiger partial charge in [-0.05, 0) is 47.9 Å². The normalized spacial score (nSPS) is 11.0. The van der Waals surface area contributed by atoms with E-state index in [1.165, 1.54) is 6.07 Å². The largest absolute Gasteiger partial charge is 0.497 e. The number of aryl methyl sites for hydroxylation is 1. The second kappa shape index (κ2) is 10.9. The maximum absolute atomic E-state index is 13.9. The number of aromatic nitrogens is 3. The van der Waals surface area contributed by atoms with Crippen LogP contribution in [0.15, 0.2) is 88.9 Å². The number of thioether (sulfide) groups is 1. The molecule has 7 nitrogen and oxygen atoms in total. The van der Waals surface area contributed by atoms with Crippen molar-refractivity contribution >= 4 is 34.4 Å². The number of nitrogens with zero attached hydrogens (tertiary/aromatic N) is 2. The summed E-state index contributed by atoms with van der Waals surface area (Å²) >= 11 is 1.15. The number of rotatable bonds is 8. The minimum absolute atomic E-state index is 0.0172. The molecule has 0 aliphatic heterocycles. The summed E-state index contributed by atoms with van der Waals surface area (Å²) in [6.45, 7) is 1.90. The van der Waals surface area contributed by atoms with E-state index in [9.17, 15) is 14.0 Å². The minimum Gasteiger partial charge on any atom is -0.497 e. The highest BCUT2D eigenvalue weighted by Gasteiger charge is 2.18. The lowest BCUT2D eigenvalue weighted by Gasteiger charge is -2.13. The summed E-state index contributed by atoms with van der Waals surface area (Å²) in [5, 5.41) is 3.11. The van der Waals surface area contributed by atoms with Crippen LogP contribution in [-0.4, -0.2) is 33.3 Å². The molecule has 0 atom stereocenters. The van der Waals surface area contributed by atoms with E-state index in [1.807, 2.05) is 54.6 Å². The molecular formula is C29H25FN4O3S. The number of benzene rings is 3. The lowest BCUT2D eigenvalue weighted by Crippen LogP contribution is -2.25. The Labute approximate surface area is 222 Å². The number of carbonyl (C=O) groups is 1. The first-order valence-electron chi connectivity index (χ1n) is 11.9. The summed E-state index contributed by atoms with van der Waals surface area (Å²) in [5.74, 6) is -0.0698. The number of halogens is 1. The smallest absolute Gasteiger partial charge is 0.278 e. The van der Waals surface area contributed by atoms with Gasteiger partial charge in [-0.25, -0.2) is 9.37 Å². The number of amides is 1.